The van der Waals surface area contributed by atoms with Crippen LogP contribution in [0.4, 0.5) is 5.69 Å². The Kier molecular flexibility index (Phi) is 10.1. The van der Waals surface area contributed by atoms with E-state index in [0.717, 1.165) is 15.4 Å². The Morgan fingerprint density at radius 2 is 1.45 bits per heavy atom. The molecule has 0 aliphatic carbocycles. The standard InChI is InChI=1S/C30H37N3O4S/c1-5-28(30(35)31-20-23(2)3)32(21-25-12-8-6-9-13-25)29(34)22-33(26-14-10-7-11-15-26)38(36,37)27-18-16-24(4)17-19-27/h6-19,23,28H,5,20-22H2,1-4H3,(H,31,35)/t28-/m0/s1. The van der Waals surface area contributed by atoms with Crippen LogP contribution in [-0.2, 0) is 26.2 Å². The van der Waals surface area contributed by atoms with Crippen LogP contribution in [0.15, 0.2) is 89.8 Å². The molecule has 202 valence electrons. The number of benzene rings is 3. The average Bonchev–Trinajstić information content (AvgIpc) is 2.91. The lowest BCUT2D eigenvalue weighted by atomic mass is 10.1. The highest BCUT2D eigenvalue weighted by molar-refractivity contribution is 7.92. The third-order valence-corrected chi connectivity index (χ3v) is 7.99. The molecule has 0 aliphatic heterocycles. The summed E-state index contributed by atoms with van der Waals surface area (Å²) < 4.78 is 28.7. The van der Waals surface area contributed by atoms with Gasteiger partial charge in [-0.15, -0.1) is 0 Å². The first-order valence-corrected chi connectivity index (χ1v) is 14.3. The van der Waals surface area contributed by atoms with Crippen molar-refractivity contribution in [1.29, 1.82) is 0 Å². The van der Waals surface area contributed by atoms with Gasteiger partial charge in [0.05, 0.1) is 10.6 Å². The summed E-state index contributed by atoms with van der Waals surface area (Å²) in [6.45, 7) is 7.96. The highest BCUT2D eigenvalue weighted by Gasteiger charge is 2.33. The van der Waals surface area contributed by atoms with E-state index in [-0.39, 0.29) is 23.3 Å². The summed E-state index contributed by atoms with van der Waals surface area (Å²) in [6, 6.07) is 23.8. The van der Waals surface area contributed by atoms with Crippen LogP contribution in [0.2, 0.25) is 0 Å². The molecule has 1 atom stereocenters. The van der Waals surface area contributed by atoms with Gasteiger partial charge in [-0.1, -0.05) is 87.0 Å². The molecule has 2 amide bonds. The molecule has 0 aliphatic rings. The molecule has 38 heavy (non-hydrogen) atoms. The molecule has 1 N–H and O–H groups in total. The summed E-state index contributed by atoms with van der Waals surface area (Å²) in [4.78, 5) is 28.7. The molecule has 0 radical (unpaired) electrons. The minimum atomic E-state index is -4.06. The lowest BCUT2D eigenvalue weighted by molar-refractivity contribution is -0.140. The van der Waals surface area contributed by atoms with Gasteiger partial charge in [-0.3, -0.25) is 13.9 Å². The molecule has 3 aromatic rings. The van der Waals surface area contributed by atoms with Crippen LogP contribution in [0.25, 0.3) is 0 Å². The molecule has 3 rings (SSSR count). The number of para-hydroxylation sites is 1. The predicted octanol–water partition coefficient (Wildman–Crippen LogP) is 4.77. The minimum absolute atomic E-state index is 0.0936. The van der Waals surface area contributed by atoms with Crippen molar-refractivity contribution in [3.8, 4) is 0 Å². The summed E-state index contributed by atoms with van der Waals surface area (Å²) in [5, 5.41) is 2.94. The minimum Gasteiger partial charge on any atom is -0.354 e. The van der Waals surface area contributed by atoms with E-state index in [0.29, 0.717) is 18.7 Å². The van der Waals surface area contributed by atoms with E-state index in [1.165, 1.54) is 4.90 Å². The van der Waals surface area contributed by atoms with Crippen molar-refractivity contribution >= 4 is 27.5 Å². The van der Waals surface area contributed by atoms with Crippen molar-refractivity contribution in [3.05, 3.63) is 96.1 Å². The Hall–Kier alpha value is -3.65. The number of sulfonamides is 1. The average molecular weight is 536 g/mol. The van der Waals surface area contributed by atoms with Gasteiger partial charge in [0.25, 0.3) is 10.0 Å². The van der Waals surface area contributed by atoms with Crippen LogP contribution in [-0.4, -0.2) is 44.3 Å². The second-order valence-electron chi connectivity index (χ2n) is 9.73. The van der Waals surface area contributed by atoms with E-state index >= 15 is 0 Å². The Bertz CT molecular complexity index is 1290. The van der Waals surface area contributed by atoms with Crippen molar-refractivity contribution in [2.45, 2.75) is 51.6 Å². The monoisotopic (exact) mass is 535 g/mol. The molecular weight excluding hydrogens is 498 g/mol. The summed E-state index contributed by atoms with van der Waals surface area (Å²) >= 11 is 0. The Balaban J connectivity index is 2.00. The van der Waals surface area contributed by atoms with Crippen LogP contribution >= 0.6 is 0 Å². The number of carbonyl (C=O) groups is 2. The molecule has 7 nitrogen and oxygen atoms in total. The van der Waals surface area contributed by atoms with Gasteiger partial charge < -0.3 is 10.2 Å². The number of hydrogen-bond donors (Lipinski definition) is 1. The molecule has 8 heteroatoms. The second kappa shape index (κ2) is 13.2. The number of hydrogen-bond acceptors (Lipinski definition) is 4. The molecule has 0 unspecified atom stereocenters. The van der Waals surface area contributed by atoms with Gasteiger partial charge in [0.15, 0.2) is 0 Å². The van der Waals surface area contributed by atoms with Crippen molar-refractivity contribution in [1.82, 2.24) is 10.2 Å². The summed E-state index contributed by atoms with van der Waals surface area (Å²) in [5.41, 5.74) is 2.15. The van der Waals surface area contributed by atoms with Crippen molar-refractivity contribution in [3.63, 3.8) is 0 Å². The fourth-order valence-corrected chi connectivity index (χ4v) is 5.50. The van der Waals surface area contributed by atoms with E-state index in [4.69, 9.17) is 0 Å². The number of carbonyl (C=O) groups excluding carboxylic acids is 2. The zero-order chi connectivity index (χ0) is 27.7. The molecule has 0 heterocycles. The second-order valence-corrected chi connectivity index (χ2v) is 11.6. The van der Waals surface area contributed by atoms with Crippen LogP contribution in [0.1, 0.15) is 38.3 Å². The van der Waals surface area contributed by atoms with Crippen LogP contribution in [0, 0.1) is 12.8 Å². The number of rotatable bonds is 12. The lowest BCUT2D eigenvalue weighted by Crippen LogP contribution is -2.52. The van der Waals surface area contributed by atoms with Gasteiger partial charge >= 0.3 is 0 Å². The first-order chi connectivity index (χ1) is 18.1. The van der Waals surface area contributed by atoms with Gasteiger partial charge in [0.2, 0.25) is 11.8 Å². The fraction of sp³-hybridized carbons (Fsp3) is 0.333. The SMILES string of the molecule is CC[C@@H](C(=O)NCC(C)C)N(Cc1ccccc1)C(=O)CN(c1ccccc1)S(=O)(=O)c1ccc(C)cc1. The quantitative estimate of drug-likeness (QED) is 0.362. The van der Waals surface area contributed by atoms with E-state index in [2.05, 4.69) is 5.32 Å². The Labute approximate surface area is 226 Å². The Morgan fingerprint density at radius 1 is 0.868 bits per heavy atom. The largest absolute Gasteiger partial charge is 0.354 e. The number of anilines is 1. The molecule has 0 fully saturated rings. The molecule has 0 bridgehead atoms. The van der Waals surface area contributed by atoms with Crippen molar-refractivity contribution < 1.29 is 18.0 Å². The molecule has 0 saturated carbocycles. The van der Waals surface area contributed by atoms with E-state index in [1.54, 1.807) is 54.6 Å². The van der Waals surface area contributed by atoms with Gasteiger partial charge in [0.1, 0.15) is 12.6 Å². The van der Waals surface area contributed by atoms with Crippen LogP contribution in [0.3, 0.4) is 0 Å². The number of nitrogens with zero attached hydrogens (tertiary/aromatic N) is 2. The predicted molar refractivity (Wildman–Crippen MR) is 151 cm³/mol. The van der Waals surface area contributed by atoms with Crippen LogP contribution < -0.4 is 9.62 Å². The zero-order valence-electron chi connectivity index (χ0n) is 22.5. The van der Waals surface area contributed by atoms with Crippen molar-refractivity contribution in [2.24, 2.45) is 5.92 Å². The molecule has 3 aromatic carbocycles. The van der Waals surface area contributed by atoms with Crippen molar-refractivity contribution in [2.75, 3.05) is 17.4 Å². The van der Waals surface area contributed by atoms with Gasteiger partial charge in [-0.25, -0.2) is 8.42 Å². The van der Waals surface area contributed by atoms with E-state index in [1.807, 2.05) is 58.0 Å². The van der Waals surface area contributed by atoms with Gasteiger partial charge in [0, 0.05) is 13.1 Å². The third kappa shape index (κ3) is 7.44. The highest BCUT2D eigenvalue weighted by Crippen LogP contribution is 2.25. The summed E-state index contributed by atoms with van der Waals surface area (Å²) in [6.07, 6.45) is 0.387. The van der Waals surface area contributed by atoms with E-state index < -0.39 is 28.5 Å². The van der Waals surface area contributed by atoms with Gasteiger partial charge in [-0.05, 0) is 49.1 Å². The molecule has 0 saturated heterocycles. The van der Waals surface area contributed by atoms with Crippen LogP contribution in [0.5, 0.6) is 0 Å². The topological polar surface area (TPSA) is 86.8 Å². The lowest BCUT2D eigenvalue weighted by Gasteiger charge is -2.33. The fourth-order valence-electron chi connectivity index (χ4n) is 4.08. The normalized spacial score (nSPS) is 12.1. The number of aryl methyl sites for hydroxylation is 1. The maximum atomic E-state index is 13.9. The molecule has 0 aromatic heterocycles. The first kappa shape index (κ1) is 28.9. The zero-order valence-corrected chi connectivity index (χ0v) is 23.3. The number of amides is 2. The summed E-state index contributed by atoms with van der Waals surface area (Å²) in [5.74, 6) is -0.457. The molecule has 0 spiro atoms. The highest BCUT2D eigenvalue weighted by atomic mass is 32.2. The number of nitrogens with one attached hydrogen (secondary N) is 1. The molecular formula is C30H37N3O4S. The third-order valence-electron chi connectivity index (χ3n) is 6.20. The maximum absolute atomic E-state index is 13.9. The van der Waals surface area contributed by atoms with E-state index in [9.17, 15) is 18.0 Å². The summed E-state index contributed by atoms with van der Waals surface area (Å²) in [7, 11) is -4.06. The van der Waals surface area contributed by atoms with Gasteiger partial charge in [-0.2, -0.15) is 0 Å². The first-order valence-electron chi connectivity index (χ1n) is 12.9. The smallest absolute Gasteiger partial charge is 0.264 e. The maximum Gasteiger partial charge on any atom is 0.264 e. The Morgan fingerprint density at radius 3 is 2.00 bits per heavy atom.